The summed E-state index contributed by atoms with van der Waals surface area (Å²) in [4.78, 5) is 26.4. The number of hydrogen-bond acceptors (Lipinski definition) is 8. The summed E-state index contributed by atoms with van der Waals surface area (Å²) < 4.78 is 1.73. The van der Waals surface area contributed by atoms with Crippen molar-refractivity contribution in [1.29, 1.82) is 0 Å². The van der Waals surface area contributed by atoms with Crippen molar-refractivity contribution in [1.82, 2.24) is 24.6 Å². The third-order valence-electron chi connectivity index (χ3n) is 6.73. The molecule has 5 rings (SSSR count). The zero-order valence-electron chi connectivity index (χ0n) is 22.5. The number of carbonyl (C=O) groups is 1. The van der Waals surface area contributed by atoms with E-state index in [1.807, 2.05) is 56.3 Å². The summed E-state index contributed by atoms with van der Waals surface area (Å²) in [7, 11) is 3.92. The van der Waals surface area contributed by atoms with E-state index in [-0.39, 0.29) is 5.91 Å². The first-order chi connectivity index (χ1) is 18.8. The van der Waals surface area contributed by atoms with Crippen LogP contribution in [0.3, 0.4) is 0 Å². The summed E-state index contributed by atoms with van der Waals surface area (Å²) in [6.45, 7) is 7.66. The van der Waals surface area contributed by atoms with E-state index >= 15 is 0 Å². The summed E-state index contributed by atoms with van der Waals surface area (Å²) in [5.74, 6) is 1.84. The summed E-state index contributed by atoms with van der Waals surface area (Å²) in [6.07, 6.45) is 1.49. The average Bonchev–Trinajstić information content (AvgIpc) is 3.30. The third kappa shape index (κ3) is 6.13. The molecule has 1 fully saturated rings. The Morgan fingerprint density at radius 1 is 0.974 bits per heavy atom. The summed E-state index contributed by atoms with van der Waals surface area (Å²) in [5, 5.41) is 14.6. The van der Waals surface area contributed by atoms with E-state index < -0.39 is 0 Å². The van der Waals surface area contributed by atoms with E-state index in [1.54, 1.807) is 17.8 Å². The molecule has 0 aliphatic carbocycles. The lowest BCUT2D eigenvalue weighted by molar-refractivity contribution is 0.102. The van der Waals surface area contributed by atoms with Gasteiger partial charge in [0.25, 0.3) is 5.91 Å². The van der Waals surface area contributed by atoms with Crippen molar-refractivity contribution in [2.24, 2.45) is 0 Å². The van der Waals surface area contributed by atoms with Gasteiger partial charge in [-0.05, 0) is 56.8 Å². The van der Waals surface area contributed by atoms with Gasteiger partial charge in [0.1, 0.15) is 18.0 Å². The van der Waals surface area contributed by atoms with Crippen LogP contribution in [0, 0.1) is 13.8 Å². The second-order valence-corrected chi connectivity index (χ2v) is 10.1. The van der Waals surface area contributed by atoms with Crippen molar-refractivity contribution >= 4 is 46.2 Å². The van der Waals surface area contributed by atoms with Crippen molar-refractivity contribution in [3.63, 3.8) is 0 Å². The number of amides is 1. The first kappa shape index (κ1) is 26.5. The van der Waals surface area contributed by atoms with Crippen LogP contribution < -0.4 is 20.9 Å². The first-order valence-electron chi connectivity index (χ1n) is 12.8. The summed E-state index contributed by atoms with van der Waals surface area (Å²) >= 11 is 6.42. The molecule has 3 N–H and O–H groups in total. The van der Waals surface area contributed by atoms with E-state index in [4.69, 9.17) is 11.6 Å². The fraction of sp³-hybridized carbons (Fsp3) is 0.286. The highest BCUT2D eigenvalue weighted by molar-refractivity contribution is 6.31. The molecule has 39 heavy (non-hydrogen) atoms. The van der Waals surface area contributed by atoms with Gasteiger partial charge in [0, 0.05) is 73.0 Å². The number of benzene rings is 2. The Labute approximate surface area is 233 Å². The molecule has 0 atom stereocenters. The van der Waals surface area contributed by atoms with E-state index in [9.17, 15) is 4.79 Å². The van der Waals surface area contributed by atoms with Crippen LogP contribution in [0.4, 0.5) is 28.7 Å². The highest BCUT2D eigenvalue weighted by Crippen LogP contribution is 2.28. The molecule has 0 bridgehead atoms. The van der Waals surface area contributed by atoms with Crippen LogP contribution in [-0.2, 0) is 0 Å². The second-order valence-electron chi connectivity index (χ2n) is 9.69. The average molecular weight is 546 g/mol. The maximum atomic E-state index is 13.3. The molecular formula is C28H32ClN9O. The zero-order valence-corrected chi connectivity index (χ0v) is 23.3. The number of nitrogens with one attached hydrogen (secondary N) is 3. The van der Waals surface area contributed by atoms with Crippen molar-refractivity contribution in [3.8, 4) is 5.82 Å². The van der Waals surface area contributed by atoms with Gasteiger partial charge in [-0.3, -0.25) is 4.79 Å². The van der Waals surface area contributed by atoms with E-state index in [2.05, 4.69) is 47.9 Å². The number of halogens is 1. The Morgan fingerprint density at radius 2 is 1.77 bits per heavy atom. The first-order valence-corrected chi connectivity index (χ1v) is 13.2. The van der Waals surface area contributed by atoms with E-state index in [0.29, 0.717) is 27.9 Å². The fourth-order valence-corrected chi connectivity index (χ4v) is 4.72. The SMILES string of the molecule is CNc1cc(-n2nc(C)cc2Nc2cc(NC(=O)c3cc(Cl)cc(N4CCN(C)CC4)c3)ccc2C)ncn1. The molecule has 202 valence electrons. The number of aryl methyl sites for hydroxylation is 2. The number of aromatic nitrogens is 4. The predicted octanol–water partition coefficient (Wildman–Crippen LogP) is 4.72. The Balaban J connectivity index is 1.36. The monoisotopic (exact) mass is 545 g/mol. The van der Waals surface area contributed by atoms with Crippen molar-refractivity contribution < 1.29 is 4.79 Å². The van der Waals surface area contributed by atoms with Crippen LogP contribution in [0.2, 0.25) is 5.02 Å². The maximum Gasteiger partial charge on any atom is 0.255 e. The molecule has 0 saturated carbocycles. The van der Waals surface area contributed by atoms with E-state index in [1.165, 1.54) is 6.33 Å². The molecule has 0 radical (unpaired) electrons. The van der Waals surface area contributed by atoms with Crippen molar-refractivity contribution in [3.05, 3.63) is 76.7 Å². The predicted molar refractivity (Wildman–Crippen MR) is 157 cm³/mol. The standard InChI is InChI=1S/C28H32ClN9O/c1-18-5-6-22(33-28(39)20-12-21(29)14-23(13-20)37-9-7-36(4)8-10-37)15-24(18)34-27-11-19(2)35-38(27)26-16-25(30-3)31-17-32-26/h5-6,11-17,34H,7-10H2,1-4H3,(H,33,39)(H,30,31,32). The number of rotatable bonds is 7. The van der Waals surface area contributed by atoms with Gasteiger partial charge in [-0.1, -0.05) is 17.7 Å². The molecule has 10 nitrogen and oxygen atoms in total. The lowest BCUT2D eigenvalue weighted by Crippen LogP contribution is -2.44. The largest absolute Gasteiger partial charge is 0.373 e. The molecule has 2 aromatic carbocycles. The van der Waals surface area contributed by atoms with Crippen LogP contribution in [0.25, 0.3) is 5.82 Å². The maximum absolute atomic E-state index is 13.3. The third-order valence-corrected chi connectivity index (χ3v) is 6.95. The minimum Gasteiger partial charge on any atom is -0.373 e. The van der Waals surface area contributed by atoms with Gasteiger partial charge in [-0.2, -0.15) is 9.78 Å². The minimum absolute atomic E-state index is 0.218. The number of carbonyl (C=O) groups excluding carboxylic acids is 1. The summed E-state index contributed by atoms with van der Waals surface area (Å²) in [6, 6.07) is 15.0. The fourth-order valence-electron chi connectivity index (χ4n) is 4.49. The van der Waals surface area contributed by atoms with Gasteiger partial charge in [0.2, 0.25) is 0 Å². The summed E-state index contributed by atoms with van der Waals surface area (Å²) in [5.41, 5.74) is 4.82. The molecule has 0 unspecified atom stereocenters. The smallest absolute Gasteiger partial charge is 0.255 e. The van der Waals surface area contributed by atoms with Gasteiger partial charge in [0.15, 0.2) is 5.82 Å². The number of piperazine rings is 1. The Kier molecular flexibility index (Phi) is 7.67. The van der Waals surface area contributed by atoms with Gasteiger partial charge in [0.05, 0.1) is 5.69 Å². The molecule has 0 spiro atoms. The lowest BCUT2D eigenvalue weighted by Gasteiger charge is -2.34. The molecule has 1 aliphatic heterocycles. The molecule has 3 heterocycles. The van der Waals surface area contributed by atoms with Crippen LogP contribution in [0.5, 0.6) is 0 Å². The van der Waals surface area contributed by atoms with Crippen LogP contribution in [0.1, 0.15) is 21.6 Å². The molecular weight excluding hydrogens is 514 g/mol. The molecule has 2 aromatic heterocycles. The molecule has 1 aliphatic rings. The Morgan fingerprint density at radius 3 is 2.54 bits per heavy atom. The second kappa shape index (κ2) is 11.3. The quantitative estimate of drug-likeness (QED) is 0.306. The molecule has 1 amide bonds. The Hall–Kier alpha value is -4.15. The topological polar surface area (TPSA) is 103 Å². The normalized spacial score (nSPS) is 13.8. The highest BCUT2D eigenvalue weighted by Gasteiger charge is 2.18. The van der Waals surface area contributed by atoms with Gasteiger partial charge in [-0.25, -0.2) is 9.97 Å². The molecule has 4 aromatic rings. The van der Waals surface area contributed by atoms with Gasteiger partial charge < -0.3 is 25.8 Å². The Bertz CT molecular complexity index is 1490. The van der Waals surface area contributed by atoms with Gasteiger partial charge in [-0.15, -0.1) is 0 Å². The highest BCUT2D eigenvalue weighted by atomic mass is 35.5. The van der Waals surface area contributed by atoms with Crippen LogP contribution >= 0.6 is 11.6 Å². The minimum atomic E-state index is -0.218. The number of likely N-dealkylation sites (N-methyl/N-ethyl adjacent to an activating group) is 1. The number of hydrogen-bond donors (Lipinski definition) is 3. The number of anilines is 5. The van der Waals surface area contributed by atoms with Crippen molar-refractivity contribution in [2.75, 3.05) is 61.1 Å². The lowest BCUT2D eigenvalue weighted by atomic mass is 10.1. The van der Waals surface area contributed by atoms with Gasteiger partial charge >= 0.3 is 0 Å². The zero-order chi connectivity index (χ0) is 27.5. The number of nitrogens with zero attached hydrogens (tertiary/aromatic N) is 6. The van der Waals surface area contributed by atoms with Crippen LogP contribution in [0.15, 0.2) is 54.9 Å². The molecule has 1 saturated heterocycles. The van der Waals surface area contributed by atoms with Crippen molar-refractivity contribution in [2.45, 2.75) is 13.8 Å². The molecule has 11 heteroatoms. The van der Waals surface area contributed by atoms with E-state index in [0.717, 1.165) is 54.6 Å². The van der Waals surface area contributed by atoms with Crippen LogP contribution in [-0.4, -0.2) is 70.8 Å².